The molecule has 2 atom stereocenters. The van der Waals surface area contributed by atoms with Gasteiger partial charge in [0.25, 0.3) is 0 Å². The van der Waals surface area contributed by atoms with E-state index in [4.69, 9.17) is 11.5 Å². The standard InChI is InChI=1S/C15H23N3/c16-10-5-7-11(8-6-10)18-15-9-14(17)12-3-1-2-4-13(12)15/h1-4,10-11,14-15,18H,5-9,16-17H2. The molecule has 2 unspecified atom stereocenters. The second-order valence-corrected chi connectivity index (χ2v) is 5.80. The van der Waals surface area contributed by atoms with Gasteiger partial charge in [0, 0.05) is 24.2 Å². The van der Waals surface area contributed by atoms with Gasteiger partial charge in [0.2, 0.25) is 0 Å². The maximum absolute atomic E-state index is 6.20. The normalized spacial score (nSPS) is 35.4. The van der Waals surface area contributed by atoms with Gasteiger partial charge in [-0.05, 0) is 43.2 Å². The van der Waals surface area contributed by atoms with Crippen molar-refractivity contribution in [1.82, 2.24) is 5.32 Å². The van der Waals surface area contributed by atoms with Crippen LogP contribution in [0, 0.1) is 0 Å². The molecule has 0 saturated heterocycles. The third-order valence-corrected chi connectivity index (χ3v) is 4.47. The number of hydrogen-bond donors (Lipinski definition) is 3. The minimum Gasteiger partial charge on any atom is -0.328 e. The molecule has 3 heteroatoms. The van der Waals surface area contributed by atoms with E-state index in [0.29, 0.717) is 18.1 Å². The Morgan fingerprint density at radius 3 is 2.33 bits per heavy atom. The summed E-state index contributed by atoms with van der Waals surface area (Å²) in [5, 5.41) is 3.79. The molecule has 0 aliphatic heterocycles. The molecule has 2 aliphatic carbocycles. The summed E-state index contributed by atoms with van der Waals surface area (Å²) in [7, 11) is 0. The summed E-state index contributed by atoms with van der Waals surface area (Å²) in [5.41, 5.74) is 14.9. The van der Waals surface area contributed by atoms with Crippen molar-refractivity contribution >= 4 is 0 Å². The maximum atomic E-state index is 6.20. The van der Waals surface area contributed by atoms with E-state index in [0.717, 1.165) is 19.3 Å². The van der Waals surface area contributed by atoms with Crippen LogP contribution < -0.4 is 16.8 Å². The van der Waals surface area contributed by atoms with Crippen molar-refractivity contribution in [3.8, 4) is 0 Å². The van der Waals surface area contributed by atoms with Gasteiger partial charge in [-0.3, -0.25) is 0 Å². The van der Waals surface area contributed by atoms with Gasteiger partial charge in [-0.1, -0.05) is 24.3 Å². The summed E-state index contributed by atoms with van der Waals surface area (Å²) < 4.78 is 0. The van der Waals surface area contributed by atoms with E-state index in [9.17, 15) is 0 Å². The molecular weight excluding hydrogens is 222 g/mol. The van der Waals surface area contributed by atoms with Crippen LogP contribution in [0.5, 0.6) is 0 Å². The van der Waals surface area contributed by atoms with Gasteiger partial charge >= 0.3 is 0 Å². The predicted molar refractivity (Wildman–Crippen MR) is 74.1 cm³/mol. The topological polar surface area (TPSA) is 64.1 Å². The summed E-state index contributed by atoms with van der Waals surface area (Å²) >= 11 is 0. The first-order valence-corrected chi connectivity index (χ1v) is 7.10. The van der Waals surface area contributed by atoms with Crippen LogP contribution in [0.15, 0.2) is 24.3 Å². The molecule has 18 heavy (non-hydrogen) atoms. The SMILES string of the molecule is NC1CCC(NC2CC(N)c3ccccc32)CC1. The van der Waals surface area contributed by atoms with Gasteiger partial charge in [0.05, 0.1) is 0 Å². The van der Waals surface area contributed by atoms with E-state index in [1.165, 1.54) is 24.0 Å². The Hall–Kier alpha value is -0.900. The minimum absolute atomic E-state index is 0.199. The number of fused-ring (bicyclic) bond motifs is 1. The van der Waals surface area contributed by atoms with Crippen LogP contribution in [0.3, 0.4) is 0 Å². The van der Waals surface area contributed by atoms with E-state index in [1.807, 2.05) is 0 Å². The number of benzene rings is 1. The van der Waals surface area contributed by atoms with Crippen LogP contribution in [-0.2, 0) is 0 Å². The fourth-order valence-electron chi connectivity index (χ4n) is 3.40. The Labute approximate surface area is 109 Å². The highest BCUT2D eigenvalue weighted by atomic mass is 15.0. The first-order valence-electron chi connectivity index (χ1n) is 7.10. The summed E-state index contributed by atoms with van der Waals surface area (Å²) in [6.45, 7) is 0. The summed E-state index contributed by atoms with van der Waals surface area (Å²) in [4.78, 5) is 0. The molecule has 1 saturated carbocycles. The molecule has 1 aromatic rings. The zero-order chi connectivity index (χ0) is 12.5. The number of nitrogens with two attached hydrogens (primary N) is 2. The highest BCUT2D eigenvalue weighted by molar-refractivity contribution is 5.37. The second-order valence-electron chi connectivity index (χ2n) is 5.80. The van der Waals surface area contributed by atoms with Crippen molar-refractivity contribution < 1.29 is 0 Å². The number of hydrogen-bond acceptors (Lipinski definition) is 3. The number of rotatable bonds is 2. The van der Waals surface area contributed by atoms with Crippen LogP contribution in [0.4, 0.5) is 0 Å². The monoisotopic (exact) mass is 245 g/mol. The summed E-state index contributed by atoms with van der Waals surface area (Å²) in [6.07, 6.45) is 5.74. The van der Waals surface area contributed by atoms with E-state index in [-0.39, 0.29) is 6.04 Å². The fraction of sp³-hybridized carbons (Fsp3) is 0.600. The van der Waals surface area contributed by atoms with Crippen molar-refractivity contribution in [1.29, 1.82) is 0 Å². The Balaban J connectivity index is 1.68. The Kier molecular flexibility index (Phi) is 3.37. The molecule has 1 aromatic carbocycles. The molecule has 3 rings (SSSR count). The maximum Gasteiger partial charge on any atom is 0.0344 e. The van der Waals surface area contributed by atoms with Gasteiger partial charge in [-0.2, -0.15) is 0 Å². The lowest BCUT2D eigenvalue weighted by molar-refractivity contribution is 0.311. The van der Waals surface area contributed by atoms with Gasteiger partial charge in [-0.25, -0.2) is 0 Å². The molecule has 0 bridgehead atoms. The van der Waals surface area contributed by atoms with Crippen molar-refractivity contribution in [3.05, 3.63) is 35.4 Å². The zero-order valence-corrected chi connectivity index (χ0v) is 10.8. The third kappa shape index (κ3) is 2.30. The largest absolute Gasteiger partial charge is 0.328 e. The van der Waals surface area contributed by atoms with Crippen LogP contribution in [0.25, 0.3) is 0 Å². The average Bonchev–Trinajstić information content (AvgIpc) is 2.70. The Morgan fingerprint density at radius 1 is 0.944 bits per heavy atom. The molecule has 1 fully saturated rings. The van der Waals surface area contributed by atoms with Gasteiger partial charge in [0.1, 0.15) is 0 Å². The number of nitrogens with one attached hydrogen (secondary N) is 1. The van der Waals surface area contributed by atoms with Crippen LogP contribution >= 0.6 is 0 Å². The van der Waals surface area contributed by atoms with Crippen LogP contribution in [0.2, 0.25) is 0 Å². The molecule has 0 spiro atoms. The van der Waals surface area contributed by atoms with Crippen molar-refractivity contribution in [2.75, 3.05) is 0 Å². The smallest absolute Gasteiger partial charge is 0.0344 e. The fourth-order valence-corrected chi connectivity index (χ4v) is 3.40. The highest BCUT2D eigenvalue weighted by Crippen LogP contribution is 2.37. The molecule has 0 amide bonds. The lowest BCUT2D eigenvalue weighted by Gasteiger charge is -2.29. The average molecular weight is 245 g/mol. The first-order chi connectivity index (χ1) is 8.74. The van der Waals surface area contributed by atoms with Crippen LogP contribution in [0.1, 0.15) is 55.3 Å². The van der Waals surface area contributed by atoms with Gasteiger partial charge in [0.15, 0.2) is 0 Å². The van der Waals surface area contributed by atoms with Crippen LogP contribution in [-0.4, -0.2) is 12.1 Å². The molecule has 3 nitrogen and oxygen atoms in total. The summed E-state index contributed by atoms with van der Waals surface area (Å²) in [5.74, 6) is 0. The van der Waals surface area contributed by atoms with Crippen molar-refractivity contribution in [2.45, 2.75) is 56.3 Å². The molecule has 5 N–H and O–H groups in total. The predicted octanol–water partition coefficient (Wildman–Crippen LogP) is 1.99. The molecule has 0 heterocycles. The van der Waals surface area contributed by atoms with Crippen molar-refractivity contribution in [2.24, 2.45) is 11.5 Å². The third-order valence-electron chi connectivity index (χ3n) is 4.47. The van der Waals surface area contributed by atoms with Gasteiger partial charge in [-0.15, -0.1) is 0 Å². The van der Waals surface area contributed by atoms with E-state index in [2.05, 4.69) is 29.6 Å². The first kappa shape index (κ1) is 12.2. The molecule has 0 radical (unpaired) electrons. The van der Waals surface area contributed by atoms with Crippen molar-refractivity contribution in [3.63, 3.8) is 0 Å². The minimum atomic E-state index is 0.199. The molecule has 98 valence electrons. The quantitative estimate of drug-likeness (QED) is 0.746. The summed E-state index contributed by atoms with van der Waals surface area (Å²) in [6, 6.07) is 10.3. The van der Waals surface area contributed by atoms with E-state index < -0.39 is 0 Å². The highest BCUT2D eigenvalue weighted by Gasteiger charge is 2.30. The molecular formula is C15H23N3. The van der Waals surface area contributed by atoms with Gasteiger partial charge < -0.3 is 16.8 Å². The second kappa shape index (κ2) is 5.00. The Morgan fingerprint density at radius 2 is 1.61 bits per heavy atom. The lowest BCUT2D eigenvalue weighted by atomic mass is 9.91. The Bertz CT molecular complexity index is 410. The lowest BCUT2D eigenvalue weighted by Crippen LogP contribution is -2.38. The molecule has 2 aliphatic rings. The van der Waals surface area contributed by atoms with E-state index in [1.54, 1.807) is 0 Å². The molecule has 0 aromatic heterocycles. The zero-order valence-electron chi connectivity index (χ0n) is 10.8. The van der Waals surface area contributed by atoms with E-state index >= 15 is 0 Å².